The summed E-state index contributed by atoms with van der Waals surface area (Å²) in [4.78, 5) is 26.4. The second kappa shape index (κ2) is 9.66. The van der Waals surface area contributed by atoms with Crippen molar-refractivity contribution in [3.05, 3.63) is 52.8 Å². The number of nitrogens with one attached hydrogen (secondary N) is 1. The lowest BCUT2D eigenvalue weighted by Gasteiger charge is -2.38. The highest BCUT2D eigenvalue weighted by atomic mass is 32.1. The number of amides is 1. The van der Waals surface area contributed by atoms with E-state index in [0.717, 1.165) is 53.5 Å². The summed E-state index contributed by atoms with van der Waals surface area (Å²) in [6.45, 7) is 4.04. The number of aryl methyl sites for hydroxylation is 1. The molecule has 5 rings (SSSR count). The third kappa shape index (κ3) is 5.09. The minimum Gasteiger partial charge on any atom is -0.382 e. The van der Waals surface area contributed by atoms with Crippen LogP contribution in [0.25, 0.3) is 10.6 Å². The highest BCUT2D eigenvalue weighted by molar-refractivity contribution is 7.15. The van der Waals surface area contributed by atoms with Gasteiger partial charge in [-0.2, -0.15) is 0 Å². The SMILES string of the molecule is CC[C@@](O)(c1ncc(-c2cc(C)cc(Nc3cc(C4CC4)ccn3)n2)s1)C1CCC(C(N)=O)CC1. The lowest BCUT2D eigenvalue weighted by Crippen LogP contribution is -2.38. The third-order valence-electron chi connectivity index (χ3n) is 7.53. The van der Waals surface area contributed by atoms with Crippen LogP contribution in [0, 0.1) is 18.8 Å². The van der Waals surface area contributed by atoms with Crippen molar-refractivity contribution in [1.82, 2.24) is 15.0 Å². The summed E-state index contributed by atoms with van der Waals surface area (Å²) >= 11 is 1.50. The van der Waals surface area contributed by atoms with Crippen molar-refractivity contribution in [2.45, 2.75) is 70.3 Å². The first-order valence-corrected chi connectivity index (χ1v) is 13.4. The van der Waals surface area contributed by atoms with Gasteiger partial charge in [-0.15, -0.1) is 11.3 Å². The molecule has 1 atom stereocenters. The van der Waals surface area contributed by atoms with E-state index in [2.05, 4.69) is 27.4 Å². The van der Waals surface area contributed by atoms with E-state index in [1.165, 1.54) is 29.7 Å². The minimum atomic E-state index is -1.01. The second-order valence-corrected chi connectivity index (χ2v) is 11.1. The standard InChI is InChI=1S/C27H33N5O2S/c1-3-27(34,20-8-6-18(7-9-20)25(28)33)26-30-15-22(35-26)21-12-16(2)13-24(31-21)32-23-14-19(10-11-29-23)17-4-5-17/h10-15,17-18,20,34H,3-9H2,1-2H3,(H2,28,33)(H,29,31,32)/t18?,20?,27-/m0/s1. The average molecular weight is 492 g/mol. The Morgan fingerprint density at radius 2 is 1.91 bits per heavy atom. The lowest BCUT2D eigenvalue weighted by atomic mass is 9.72. The van der Waals surface area contributed by atoms with Crippen molar-refractivity contribution in [3.8, 4) is 10.6 Å². The van der Waals surface area contributed by atoms with Crippen LogP contribution in [0.2, 0.25) is 0 Å². The van der Waals surface area contributed by atoms with E-state index >= 15 is 0 Å². The van der Waals surface area contributed by atoms with E-state index in [1.807, 2.05) is 38.4 Å². The number of anilines is 2. The number of pyridine rings is 2. The molecule has 2 aliphatic rings. The van der Waals surface area contributed by atoms with Gasteiger partial charge in [0.05, 0.1) is 10.6 Å². The molecule has 0 spiro atoms. The van der Waals surface area contributed by atoms with Gasteiger partial charge in [0, 0.05) is 18.3 Å². The normalized spacial score (nSPS) is 21.9. The first kappa shape index (κ1) is 23.9. The molecule has 1 amide bonds. The van der Waals surface area contributed by atoms with Gasteiger partial charge in [-0.1, -0.05) is 6.92 Å². The molecular weight excluding hydrogens is 458 g/mol. The molecule has 0 unspecified atom stereocenters. The summed E-state index contributed by atoms with van der Waals surface area (Å²) in [5.41, 5.74) is 7.73. The van der Waals surface area contributed by atoms with Crippen LogP contribution in [0.5, 0.6) is 0 Å². The number of nitrogens with zero attached hydrogens (tertiary/aromatic N) is 3. The predicted octanol–water partition coefficient (Wildman–Crippen LogP) is 5.42. The van der Waals surface area contributed by atoms with Crippen LogP contribution in [-0.2, 0) is 10.4 Å². The molecule has 35 heavy (non-hydrogen) atoms. The Balaban J connectivity index is 1.36. The van der Waals surface area contributed by atoms with Crippen LogP contribution in [0.4, 0.5) is 11.6 Å². The minimum absolute atomic E-state index is 0.0645. The van der Waals surface area contributed by atoms with Crippen LogP contribution < -0.4 is 11.1 Å². The van der Waals surface area contributed by atoms with Crippen LogP contribution in [0.1, 0.15) is 73.9 Å². The smallest absolute Gasteiger partial charge is 0.220 e. The maximum absolute atomic E-state index is 11.7. The van der Waals surface area contributed by atoms with Crippen molar-refractivity contribution in [2.24, 2.45) is 17.6 Å². The Labute approximate surface area is 210 Å². The van der Waals surface area contributed by atoms with Crippen LogP contribution in [0.3, 0.4) is 0 Å². The van der Waals surface area contributed by atoms with E-state index in [4.69, 9.17) is 10.7 Å². The lowest BCUT2D eigenvalue weighted by molar-refractivity contribution is -0.124. The summed E-state index contributed by atoms with van der Waals surface area (Å²) < 4.78 is 0. The summed E-state index contributed by atoms with van der Waals surface area (Å²) in [7, 11) is 0. The monoisotopic (exact) mass is 491 g/mol. The number of nitrogens with two attached hydrogens (primary N) is 1. The highest BCUT2D eigenvalue weighted by Gasteiger charge is 2.42. The molecule has 3 heterocycles. The van der Waals surface area contributed by atoms with Gasteiger partial charge < -0.3 is 16.2 Å². The number of aromatic nitrogens is 3. The summed E-state index contributed by atoms with van der Waals surface area (Å²) in [6, 6.07) is 8.25. The topological polar surface area (TPSA) is 114 Å². The fraction of sp³-hybridized carbons (Fsp3) is 0.481. The molecular formula is C27H33N5O2S. The molecule has 0 aromatic carbocycles. The van der Waals surface area contributed by atoms with Crippen LogP contribution in [0.15, 0.2) is 36.7 Å². The zero-order chi connectivity index (χ0) is 24.6. The predicted molar refractivity (Wildman–Crippen MR) is 138 cm³/mol. The molecule has 0 aliphatic heterocycles. The van der Waals surface area contributed by atoms with E-state index < -0.39 is 5.60 Å². The Morgan fingerprint density at radius 3 is 2.60 bits per heavy atom. The second-order valence-electron chi connectivity index (χ2n) is 10.0. The van der Waals surface area contributed by atoms with E-state index in [9.17, 15) is 9.90 Å². The zero-order valence-corrected chi connectivity index (χ0v) is 21.1. The van der Waals surface area contributed by atoms with E-state index in [0.29, 0.717) is 17.3 Å². The number of thiazole rings is 1. The van der Waals surface area contributed by atoms with Crippen molar-refractivity contribution in [1.29, 1.82) is 0 Å². The number of hydrogen-bond donors (Lipinski definition) is 3. The maximum Gasteiger partial charge on any atom is 0.220 e. The quantitative estimate of drug-likeness (QED) is 0.388. The number of carbonyl (C=O) groups is 1. The van der Waals surface area contributed by atoms with Gasteiger partial charge >= 0.3 is 0 Å². The molecule has 2 aliphatic carbocycles. The van der Waals surface area contributed by atoms with E-state index in [1.54, 1.807) is 0 Å². The molecule has 4 N–H and O–H groups in total. The fourth-order valence-corrected chi connectivity index (χ4v) is 6.35. The molecule has 2 fully saturated rings. The first-order chi connectivity index (χ1) is 16.9. The molecule has 3 aromatic heterocycles. The number of aliphatic hydroxyl groups is 1. The van der Waals surface area contributed by atoms with Crippen molar-refractivity contribution in [3.63, 3.8) is 0 Å². The molecule has 3 aromatic rings. The summed E-state index contributed by atoms with van der Waals surface area (Å²) in [5.74, 6) is 1.96. The molecule has 184 valence electrons. The van der Waals surface area contributed by atoms with Crippen molar-refractivity contribution >= 4 is 28.9 Å². The molecule has 0 radical (unpaired) electrons. The van der Waals surface area contributed by atoms with Gasteiger partial charge in [0.2, 0.25) is 5.91 Å². The van der Waals surface area contributed by atoms with Crippen molar-refractivity contribution < 1.29 is 9.90 Å². The molecule has 2 saturated carbocycles. The van der Waals surface area contributed by atoms with Gasteiger partial charge in [-0.25, -0.2) is 15.0 Å². The summed E-state index contributed by atoms with van der Waals surface area (Å²) in [5, 5.41) is 15.8. The van der Waals surface area contributed by atoms with Gasteiger partial charge in [0.1, 0.15) is 22.2 Å². The number of carbonyl (C=O) groups excluding carboxylic acids is 1. The number of rotatable bonds is 8. The average Bonchev–Trinajstić information content (AvgIpc) is 3.59. The number of hydrogen-bond acceptors (Lipinski definition) is 7. The molecule has 0 saturated heterocycles. The Morgan fingerprint density at radius 1 is 1.14 bits per heavy atom. The zero-order valence-electron chi connectivity index (χ0n) is 20.3. The van der Waals surface area contributed by atoms with Gasteiger partial charge in [-0.05, 0) is 99.1 Å². The Kier molecular flexibility index (Phi) is 6.59. The van der Waals surface area contributed by atoms with E-state index in [-0.39, 0.29) is 17.7 Å². The fourth-order valence-electron chi connectivity index (χ4n) is 5.24. The van der Waals surface area contributed by atoms with Gasteiger partial charge in [0.25, 0.3) is 0 Å². The van der Waals surface area contributed by atoms with Gasteiger partial charge in [-0.3, -0.25) is 4.79 Å². The van der Waals surface area contributed by atoms with Crippen molar-refractivity contribution in [2.75, 3.05) is 5.32 Å². The van der Waals surface area contributed by atoms with Crippen LogP contribution >= 0.6 is 11.3 Å². The summed E-state index contributed by atoms with van der Waals surface area (Å²) in [6.07, 6.45) is 9.74. The van der Waals surface area contributed by atoms with Gasteiger partial charge in [0.15, 0.2) is 0 Å². The molecule has 8 heteroatoms. The van der Waals surface area contributed by atoms with Crippen LogP contribution in [-0.4, -0.2) is 26.0 Å². The largest absolute Gasteiger partial charge is 0.382 e. The Hall–Kier alpha value is -2.84. The molecule has 0 bridgehead atoms. The molecule has 7 nitrogen and oxygen atoms in total. The first-order valence-electron chi connectivity index (χ1n) is 12.6. The number of primary amides is 1. The third-order valence-corrected chi connectivity index (χ3v) is 8.72. The maximum atomic E-state index is 11.7. The highest BCUT2D eigenvalue weighted by Crippen LogP contribution is 2.45. The Bertz CT molecular complexity index is 1220.